The topological polar surface area (TPSA) is 37.4 Å². The van der Waals surface area contributed by atoms with Crippen LogP contribution in [-0.2, 0) is 10.0 Å². The van der Waals surface area contributed by atoms with Crippen molar-refractivity contribution in [2.24, 2.45) is 0 Å². The lowest BCUT2D eigenvalue weighted by Crippen LogP contribution is -2.34. The fourth-order valence-electron chi connectivity index (χ4n) is 3.20. The molecule has 124 valence electrons. The standard InChI is InChI=1S/C18H23NO2S2/c1-14-7-9-16(10-8-14)23(20,21)19-12-5-3-4-6-17(19)18-15(2)11-13-22-18/h7-11,13,17H,3-6,12H2,1-2H3/t17-/m0/s1. The van der Waals surface area contributed by atoms with Crippen molar-refractivity contribution in [1.82, 2.24) is 4.31 Å². The van der Waals surface area contributed by atoms with Crippen LogP contribution in [0.15, 0.2) is 40.6 Å². The van der Waals surface area contributed by atoms with Crippen LogP contribution in [0.25, 0.3) is 0 Å². The first-order valence-electron chi connectivity index (χ1n) is 8.12. The monoisotopic (exact) mass is 349 g/mol. The number of hydrogen-bond donors (Lipinski definition) is 0. The highest BCUT2D eigenvalue weighted by Gasteiger charge is 2.34. The van der Waals surface area contributed by atoms with Gasteiger partial charge in [-0.05, 0) is 55.8 Å². The molecule has 0 N–H and O–H groups in total. The molecule has 1 atom stereocenters. The molecule has 0 bridgehead atoms. The molecule has 0 aliphatic carbocycles. The number of aryl methyl sites for hydroxylation is 2. The van der Waals surface area contributed by atoms with Gasteiger partial charge in [-0.25, -0.2) is 8.42 Å². The van der Waals surface area contributed by atoms with Crippen LogP contribution < -0.4 is 0 Å². The number of sulfonamides is 1. The highest BCUT2D eigenvalue weighted by molar-refractivity contribution is 7.89. The van der Waals surface area contributed by atoms with E-state index in [9.17, 15) is 8.42 Å². The Morgan fingerprint density at radius 2 is 1.78 bits per heavy atom. The quantitative estimate of drug-likeness (QED) is 0.807. The highest BCUT2D eigenvalue weighted by Crippen LogP contribution is 2.38. The van der Waals surface area contributed by atoms with E-state index in [1.54, 1.807) is 27.8 Å². The van der Waals surface area contributed by atoms with E-state index < -0.39 is 10.0 Å². The van der Waals surface area contributed by atoms with Gasteiger partial charge >= 0.3 is 0 Å². The van der Waals surface area contributed by atoms with Crippen LogP contribution in [-0.4, -0.2) is 19.3 Å². The second-order valence-electron chi connectivity index (χ2n) is 6.26. The Bertz CT molecular complexity index is 763. The number of thiophene rings is 1. The minimum atomic E-state index is -3.45. The Hall–Kier alpha value is -1.17. The Morgan fingerprint density at radius 3 is 2.43 bits per heavy atom. The average Bonchev–Trinajstić information content (AvgIpc) is 2.80. The summed E-state index contributed by atoms with van der Waals surface area (Å²) in [5.74, 6) is 0. The lowest BCUT2D eigenvalue weighted by molar-refractivity contribution is 0.332. The van der Waals surface area contributed by atoms with E-state index in [-0.39, 0.29) is 6.04 Å². The van der Waals surface area contributed by atoms with Crippen molar-refractivity contribution in [2.45, 2.75) is 50.5 Å². The van der Waals surface area contributed by atoms with Gasteiger partial charge in [-0.15, -0.1) is 11.3 Å². The summed E-state index contributed by atoms with van der Waals surface area (Å²) >= 11 is 1.68. The molecule has 1 aliphatic rings. The molecule has 23 heavy (non-hydrogen) atoms. The predicted molar refractivity (Wildman–Crippen MR) is 95.3 cm³/mol. The fourth-order valence-corrected chi connectivity index (χ4v) is 6.01. The van der Waals surface area contributed by atoms with Crippen molar-refractivity contribution in [3.05, 3.63) is 51.7 Å². The molecule has 1 aliphatic heterocycles. The third kappa shape index (κ3) is 3.37. The number of benzene rings is 1. The van der Waals surface area contributed by atoms with Crippen molar-refractivity contribution in [1.29, 1.82) is 0 Å². The number of hydrogen-bond acceptors (Lipinski definition) is 3. The molecule has 0 radical (unpaired) electrons. The molecular weight excluding hydrogens is 326 g/mol. The molecule has 1 saturated heterocycles. The predicted octanol–water partition coefficient (Wildman–Crippen LogP) is 4.67. The van der Waals surface area contributed by atoms with E-state index in [2.05, 4.69) is 18.4 Å². The second kappa shape index (κ2) is 6.75. The van der Waals surface area contributed by atoms with Crippen LogP contribution in [0.5, 0.6) is 0 Å². The van der Waals surface area contributed by atoms with Gasteiger partial charge in [0.2, 0.25) is 10.0 Å². The maximum atomic E-state index is 13.2. The fraction of sp³-hybridized carbons (Fsp3) is 0.444. The molecule has 0 amide bonds. The van der Waals surface area contributed by atoms with E-state index in [1.807, 2.05) is 19.1 Å². The maximum Gasteiger partial charge on any atom is 0.243 e. The van der Waals surface area contributed by atoms with Crippen LogP contribution in [0.1, 0.15) is 47.7 Å². The normalized spacial score (nSPS) is 20.3. The van der Waals surface area contributed by atoms with Gasteiger partial charge in [0.25, 0.3) is 0 Å². The minimum Gasteiger partial charge on any atom is -0.207 e. The summed E-state index contributed by atoms with van der Waals surface area (Å²) in [6, 6.07) is 9.26. The van der Waals surface area contributed by atoms with E-state index in [1.165, 1.54) is 10.4 Å². The van der Waals surface area contributed by atoms with Gasteiger partial charge in [0.15, 0.2) is 0 Å². The van der Waals surface area contributed by atoms with E-state index in [0.717, 1.165) is 31.2 Å². The summed E-state index contributed by atoms with van der Waals surface area (Å²) < 4.78 is 28.1. The zero-order valence-electron chi connectivity index (χ0n) is 13.7. The molecule has 5 heteroatoms. The Kier molecular flexibility index (Phi) is 4.90. The van der Waals surface area contributed by atoms with Gasteiger partial charge in [0.05, 0.1) is 10.9 Å². The molecule has 1 aromatic heterocycles. The summed E-state index contributed by atoms with van der Waals surface area (Å²) in [6.45, 7) is 4.66. The second-order valence-corrected chi connectivity index (χ2v) is 9.10. The third-order valence-electron chi connectivity index (χ3n) is 4.54. The van der Waals surface area contributed by atoms with Gasteiger partial charge in [-0.1, -0.05) is 30.5 Å². The van der Waals surface area contributed by atoms with E-state index in [4.69, 9.17) is 0 Å². The van der Waals surface area contributed by atoms with Crippen molar-refractivity contribution >= 4 is 21.4 Å². The highest BCUT2D eigenvalue weighted by atomic mass is 32.2. The molecule has 3 rings (SSSR count). The summed E-state index contributed by atoms with van der Waals surface area (Å²) in [5.41, 5.74) is 2.27. The third-order valence-corrected chi connectivity index (χ3v) is 7.58. The van der Waals surface area contributed by atoms with Gasteiger partial charge in [0, 0.05) is 11.4 Å². The van der Waals surface area contributed by atoms with Gasteiger partial charge in [0.1, 0.15) is 0 Å². The number of rotatable bonds is 3. The van der Waals surface area contributed by atoms with Gasteiger partial charge < -0.3 is 0 Å². The van der Waals surface area contributed by atoms with Gasteiger partial charge in [-0.2, -0.15) is 4.31 Å². The van der Waals surface area contributed by atoms with Crippen molar-refractivity contribution in [3.8, 4) is 0 Å². The molecular formula is C18H23NO2S2. The molecule has 3 nitrogen and oxygen atoms in total. The van der Waals surface area contributed by atoms with Crippen molar-refractivity contribution < 1.29 is 8.42 Å². The van der Waals surface area contributed by atoms with E-state index >= 15 is 0 Å². The summed E-state index contributed by atoms with van der Waals surface area (Å²) in [4.78, 5) is 1.60. The lowest BCUT2D eigenvalue weighted by Gasteiger charge is -2.29. The zero-order valence-corrected chi connectivity index (χ0v) is 15.3. The first-order chi connectivity index (χ1) is 11.0. The Morgan fingerprint density at radius 1 is 1.04 bits per heavy atom. The molecule has 0 spiro atoms. The van der Waals surface area contributed by atoms with Crippen LogP contribution in [0.2, 0.25) is 0 Å². The summed E-state index contributed by atoms with van der Waals surface area (Å²) in [6.07, 6.45) is 4.03. The first kappa shape index (κ1) is 16.7. The molecule has 0 unspecified atom stereocenters. The molecule has 0 saturated carbocycles. The van der Waals surface area contributed by atoms with Crippen molar-refractivity contribution in [2.75, 3.05) is 6.54 Å². The lowest BCUT2D eigenvalue weighted by atomic mass is 10.1. The largest absolute Gasteiger partial charge is 0.243 e. The molecule has 1 fully saturated rings. The van der Waals surface area contributed by atoms with Crippen LogP contribution in [0.4, 0.5) is 0 Å². The SMILES string of the molecule is Cc1ccc(S(=O)(=O)N2CCCCC[C@H]2c2sccc2C)cc1. The Labute approximate surface area is 143 Å². The van der Waals surface area contributed by atoms with Gasteiger partial charge in [-0.3, -0.25) is 0 Å². The van der Waals surface area contributed by atoms with E-state index in [0.29, 0.717) is 11.4 Å². The maximum absolute atomic E-state index is 13.2. The smallest absolute Gasteiger partial charge is 0.207 e. The van der Waals surface area contributed by atoms with Crippen LogP contribution in [0, 0.1) is 13.8 Å². The average molecular weight is 350 g/mol. The number of nitrogens with zero attached hydrogens (tertiary/aromatic N) is 1. The molecule has 2 heterocycles. The molecule has 1 aromatic carbocycles. The summed E-state index contributed by atoms with van der Waals surface area (Å²) in [5, 5.41) is 2.06. The van der Waals surface area contributed by atoms with Crippen molar-refractivity contribution in [3.63, 3.8) is 0 Å². The molecule has 2 aromatic rings. The van der Waals surface area contributed by atoms with Crippen LogP contribution in [0.3, 0.4) is 0 Å². The zero-order chi connectivity index (χ0) is 16.4. The van der Waals surface area contributed by atoms with Crippen LogP contribution >= 0.6 is 11.3 Å². The first-order valence-corrected chi connectivity index (χ1v) is 10.4. The minimum absolute atomic E-state index is 0.0243. The Balaban J connectivity index is 2.02. The summed E-state index contributed by atoms with van der Waals surface area (Å²) in [7, 11) is -3.45.